The van der Waals surface area contributed by atoms with Gasteiger partial charge in [-0.15, -0.1) is 0 Å². The molecular weight excluding hydrogens is 462 g/mol. The second kappa shape index (κ2) is 12.0. The maximum Gasteiger partial charge on any atom is 0.416 e. The molecule has 1 aliphatic carbocycles. The Balaban J connectivity index is 1.60. The molecule has 2 aromatic carbocycles. The number of hydrogen-bond donors (Lipinski definition) is 2. The van der Waals surface area contributed by atoms with Crippen LogP contribution in [-0.2, 0) is 22.2 Å². The first kappa shape index (κ1) is 26.5. The second-order valence-electron chi connectivity index (χ2n) is 8.92. The van der Waals surface area contributed by atoms with E-state index in [-0.39, 0.29) is 29.8 Å². The first-order valence-corrected chi connectivity index (χ1v) is 11.9. The van der Waals surface area contributed by atoms with E-state index in [1.807, 2.05) is 0 Å². The number of carbonyl (C=O) groups excluding carboxylic acids is 2. The summed E-state index contributed by atoms with van der Waals surface area (Å²) in [5, 5.41) is 5.83. The molecule has 1 fully saturated rings. The second-order valence-corrected chi connectivity index (χ2v) is 8.92. The highest BCUT2D eigenvalue weighted by molar-refractivity contribution is 5.88. The molecule has 1 atom stereocenters. The standard InChI is InChI=1S/C26H31F4N3O2/c1-18(32-24(34)17-19-6-5-7-20(16-19)26(28,29)30)25(35)33(23-8-3-2-4-9-23)15-14-31-22-12-10-21(27)11-13-22/h5-7,10-13,16,18,23,31H,2-4,8-9,14-15,17H2,1H3,(H,32,34)/t18-/m0/s1. The fourth-order valence-corrected chi connectivity index (χ4v) is 4.40. The monoisotopic (exact) mass is 493 g/mol. The number of alkyl halides is 3. The number of halogens is 4. The zero-order chi connectivity index (χ0) is 25.4. The van der Waals surface area contributed by atoms with Gasteiger partial charge in [-0.05, 0) is 55.7 Å². The van der Waals surface area contributed by atoms with Gasteiger partial charge in [-0.3, -0.25) is 9.59 Å². The Hall–Kier alpha value is -3.10. The van der Waals surface area contributed by atoms with Gasteiger partial charge < -0.3 is 15.5 Å². The Morgan fingerprint density at radius 1 is 1.06 bits per heavy atom. The number of benzene rings is 2. The zero-order valence-corrected chi connectivity index (χ0v) is 19.7. The molecule has 0 heterocycles. The third-order valence-electron chi connectivity index (χ3n) is 6.19. The van der Waals surface area contributed by atoms with Crippen LogP contribution >= 0.6 is 0 Å². The third kappa shape index (κ3) is 7.97. The third-order valence-corrected chi connectivity index (χ3v) is 6.19. The van der Waals surface area contributed by atoms with Gasteiger partial charge in [-0.2, -0.15) is 13.2 Å². The quantitative estimate of drug-likeness (QED) is 0.474. The van der Waals surface area contributed by atoms with Crippen LogP contribution in [0.25, 0.3) is 0 Å². The molecule has 9 heteroatoms. The average molecular weight is 494 g/mol. The first-order chi connectivity index (χ1) is 16.6. The van der Waals surface area contributed by atoms with Crippen molar-refractivity contribution in [1.29, 1.82) is 0 Å². The van der Waals surface area contributed by atoms with E-state index in [9.17, 15) is 27.2 Å². The van der Waals surface area contributed by atoms with Crippen LogP contribution in [0.4, 0.5) is 23.2 Å². The molecule has 2 aromatic rings. The average Bonchev–Trinajstić information content (AvgIpc) is 2.82. The lowest BCUT2D eigenvalue weighted by Crippen LogP contribution is -2.52. The zero-order valence-electron chi connectivity index (χ0n) is 19.7. The minimum Gasteiger partial charge on any atom is -0.383 e. The van der Waals surface area contributed by atoms with Gasteiger partial charge >= 0.3 is 6.18 Å². The number of rotatable bonds is 9. The number of hydrogen-bond acceptors (Lipinski definition) is 3. The van der Waals surface area contributed by atoms with E-state index in [0.717, 1.165) is 49.9 Å². The van der Waals surface area contributed by atoms with Crippen LogP contribution in [0.5, 0.6) is 0 Å². The predicted octanol–water partition coefficient (Wildman–Crippen LogP) is 5.17. The SMILES string of the molecule is C[C@H](NC(=O)Cc1cccc(C(F)(F)F)c1)C(=O)N(CCNc1ccc(F)cc1)C1CCCCC1. The number of nitrogens with zero attached hydrogens (tertiary/aromatic N) is 1. The van der Waals surface area contributed by atoms with Crippen molar-refractivity contribution in [2.45, 2.75) is 63.7 Å². The number of nitrogens with one attached hydrogen (secondary N) is 2. The highest BCUT2D eigenvalue weighted by Crippen LogP contribution is 2.29. The van der Waals surface area contributed by atoms with Crippen LogP contribution in [0.2, 0.25) is 0 Å². The molecular formula is C26H31F4N3O2. The van der Waals surface area contributed by atoms with Crippen molar-refractivity contribution in [3.8, 4) is 0 Å². The van der Waals surface area contributed by atoms with E-state index >= 15 is 0 Å². The van der Waals surface area contributed by atoms with Gasteiger partial charge in [0.2, 0.25) is 11.8 Å². The van der Waals surface area contributed by atoms with Gasteiger partial charge in [0.25, 0.3) is 0 Å². The summed E-state index contributed by atoms with van der Waals surface area (Å²) < 4.78 is 52.0. The van der Waals surface area contributed by atoms with E-state index < -0.39 is 23.7 Å². The van der Waals surface area contributed by atoms with E-state index in [0.29, 0.717) is 13.1 Å². The lowest BCUT2D eigenvalue weighted by Gasteiger charge is -2.36. The molecule has 0 saturated heterocycles. The molecule has 190 valence electrons. The molecule has 0 spiro atoms. The summed E-state index contributed by atoms with van der Waals surface area (Å²) in [6, 6.07) is 9.82. The van der Waals surface area contributed by atoms with Crippen molar-refractivity contribution in [2.75, 3.05) is 18.4 Å². The topological polar surface area (TPSA) is 61.4 Å². The molecule has 0 aromatic heterocycles. The van der Waals surface area contributed by atoms with Crippen LogP contribution in [-0.4, -0.2) is 41.9 Å². The Morgan fingerprint density at radius 2 is 1.74 bits per heavy atom. The summed E-state index contributed by atoms with van der Waals surface area (Å²) in [7, 11) is 0. The van der Waals surface area contributed by atoms with Crippen LogP contribution < -0.4 is 10.6 Å². The van der Waals surface area contributed by atoms with E-state index in [1.54, 1.807) is 24.0 Å². The summed E-state index contributed by atoms with van der Waals surface area (Å²) >= 11 is 0. The summed E-state index contributed by atoms with van der Waals surface area (Å²) in [6.07, 6.45) is 0.192. The fourth-order valence-electron chi connectivity index (χ4n) is 4.40. The van der Waals surface area contributed by atoms with Crippen molar-refractivity contribution in [1.82, 2.24) is 10.2 Å². The summed E-state index contributed by atoms with van der Waals surface area (Å²) in [4.78, 5) is 27.6. The molecule has 5 nitrogen and oxygen atoms in total. The molecule has 0 unspecified atom stereocenters. The van der Waals surface area contributed by atoms with Crippen molar-refractivity contribution in [3.63, 3.8) is 0 Å². The van der Waals surface area contributed by atoms with Crippen molar-refractivity contribution >= 4 is 17.5 Å². The maximum absolute atomic E-state index is 13.3. The highest BCUT2D eigenvalue weighted by Gasteiger charge is 2.31. The van der Waals surface area contributed by atoms with Crippen LogP contribution in [0.3, 0.4) is 0 Å². The molecule has 0 radical (unpaired) electrons. The Labute approximate surface area is 202 Å². The van der Waals surface area contributed by atoms with Crippen LogP contribution in [0.1, 0.15) is 50.2 Å². The summed E-state index contributed by atoms with van der Waals surface area (Å²) in [5.74, 6) is -1.07. The van der Waals surface area contributed by atoms with Gasteiger partial charge in [-0.25, -0.2) is 4.39 Å². The Kier molecular flexibility index (Phi) is 9.12. The molecule has 0 aliphatic heterocycles. The van der Waals surface area contributed by atoms with Crippen LogP contribution in [0.15, 0.2) is 48.5 Å². The Morgan fingerprint density at radius 3 is 2.40 bits per heavy atom. The smallest absolute Gasteiger partial charge is 0.383 e. The molecule has 0 bridgehead atoms. The van der Waals surface area contributed by atoms with Gasteiger partial charge in [0.15, 0.2) is 0 Å². The van der Waals surface area contributed by atoms with Crippen molar-refractivity contribution in [3.05, 3.63) is 65.5 Å². The van der Waals surface area contributed by atoms with Crippen molar-refractivity contribution < 1.29 is 27.2 Å². The number of carbonyl (C=O) groups is 2. The number of anilines is 1. The Bertz CT molecular complexity index is 989. The maximum atomic E-state index is 13.3. The van der Waals surface area contributed by atoms with Crippen LogP contribution in [0, 0.1) is 5.82 Å². The van der Waals surface area contributed by atoms with E-state index in [2.05, 4.69) is 10.6 Å². The molecule has 35 heavy (non-hydrogen) atoms. The minimum atomic E-state index is -4.49. The largest absolute Gasteiger partial charge is 0.416 e. The van der Waals surface area contributed by atoms with Crippen molar-refractivity contribution in [2.24, 2.45) is 0 Å². The molecule has 2 N–H and O–H groups in total. The fraction of sp³-hybridized carbons (Fsp3) is 0.462. The number of amides is 2. The lowest BCUT2D eigenvalue weighted by atomic mass is 9.93. The normalized spacial score (nSPS) is 15.3. The van der Waals surface area contributed by atoms with Gasteiger partial charge in [0, 0.05) is 24.8 Å². The first-order valence-electron chi connectivity index (χ1n) is 11.9. The van der Waals surface area contributed by atoms with E-state index in [1.165, 1.54) is 24.3 Å². The minimum absolute atomic E-state index is 0.0640. The van der Waals surface area contributed by atoms with E-state index in [4.69, 9.17) is 0 Å². The van der Waals surface area contributed by atoms with Gasteiger partial charge in [0.05, 0.1) is 12.0 Å². The molecule has 3 rings (SSSR count). The van der Waals surface area contributed by atoms with Gasteiger partial charge in [-0.1, -0.05) is 37.5 Å². The molecule has 2 amide bonds. The summed E-state index contributed by atoms with van der Waals surface area (Å²) in [6.45, 7) is 2.46. The summed E-state index contributed by atoms with van der Waals surface area (Å²) in [5.41, 5.74) is 0.151. The highest BCUT2D eigenvalue weighted by atomic mass is 19.4. The lowest BCUT2D eigenvalue weighted by molar-refractivity contribution is -0.138. The molecule has 1 aliphatic rings. The molecule has 1 saturated carbocycles. The predicted molar refractivity (Wildman–Crippen MR) is 126 cm³/mol. The van der Waals surface area contributed by atoms with Gasteiger partial charge in [0.1, 0.15) is 11.9 Å².